The number of aromatic nitrogens is 3. The molecule has 0 radical (unpaired) electrons. The minimum Gasteiger partial charge on any atom is -0.366 e. The number of nitrogens with one attached hydrogen (secondary N) is 1. The summed E-state index contributed by atoms with van der Waals surface area (Å²) < 4.78 is 1.04. The molecule has 1 unspecified atom stereocenters. The van der Waals surface area contributed by atoms with Gasteiger partial charge in [0, 0.05) is 23.6 Å². The summed E-state index contributed by atoms with van der Waals surface area (Å²) in [4.78, 5) is 6.86. The summed E-state index contributed by atoms with van der Waals surface area (Å²) in [6, 6.07) is 8.49. The van der Waals surface area contributed by atoms with E-state index in [4.69, 9.17) is 0 Å². The van der Waals surface area contributed by atoms with Gasteiger partial charge in [0.1, 0.15) is 5.82 Å². The molecule has 3 rings (SSSR count). The van der Waals surface area contributed by atoms with Crippen LogP contribution in [0.2, 0.25) is 0 Å². The van der Waals surface area contributed by atoms with Gasteiger partial charge in [-0.2, -0.15) is 5.10 Å². The van der Waals surface area contributed by atoms with Crippen molar-refractivity contribution < 1.29 is 0 Å². The molecule has 1 N–H and O–H groups in total. The van der Waals surface area contributed by atoms with E-state index in [0.29, 0.717) is 6.04 Å². The second-order valence-electron chi connectivity index (χ2n) is 5.73. The second kappa shape index (κ2) is 6.60. The highest BCUT2D eigenvalue weighted by Crippen LogP contribution is 2.21. The first-order chi connectivity index (χ1) is 10.6. The number of pyridine rings is 1. The minimum atomic E-state index is 0.380. The van der Waals surface area contributed by atoms with Crippen LogP contribution in [0.15, 0.2) is 28.7 Å². The summed E-state index contributed by atoms with van der Waals surface area (Å²) in [7, 11) is 0. The highest BCUT2D eigenvalue weighted by molar-refractivity contribution is 9.10. The van der Waals surface area contributed by atoms with Crippen molar-refractivity contribution in [2.45, 2.75) is 32.7 Å². The van der Waals surface area contributed by atoms with Crippen LogP contribution in [0.1, 0.15) is 24.2 Å². The van der Waals surface area contributed by atoms with Crippen LogP contribution in [0, 0.1) is 13.8 Å². The molecule has 1 saturated heterocycles. The third kappa shape index (κ3) is 3.55. The van der Waals surface area contributed by atoms with E-state index in [1.165, 1.54) is 0 Å². The molecular weight excluding hydrogens is 342 g/mol. The van der Waals surface area contributed by atoms with Crippen molar-refractivity contribution in [3.63, 3.8) is 0 Å². The fraction of sp³-hybridized carbons (Fsp3) is 0.438. The van der Waals surface area contributed by atoms with Crippen LogP contribution in [-0.2, 0) is 0 Å². The summed E-state index contributed by atoms with van der Waals surface area (Å²) >= 11 is 3.49. The molecule has 2 aromatic rings. The Morgan fingerprint density at radius 2 is 2.05 bits per heavy atom. The molecule has 0 bridgehead atoms. The predicted octanol–water partition coefficient (Wildman–Crippen LogP) is 3.33. The number of aryl methyl sites for hydroxylation is 2. The maximum Gasteiger partial charge on any atom is 0.151 e. The normalized spacial score (nSPS) is 18.3. The molecule has 5 nitrogen and oxygen atoms in total. The lowest BCUT2D eigenvalue weighted by atomic mass is 10.1. The van der Waals surface area contributed by atoms with Crippen LogP contribution in [0.5, 0.6) is 0 Å². The quantitative estimate of drug-likeness (QED) is 0.908. The molecule has 0 amide bonds. The Bertz CT molecular complexity index is 643. The Balaban J connectivity index is 1.67. The van der Waals surface area contributed by atoms with Crippen molar-refractivity contribution in [1.29, 1.82) is 0 Å². The monoisotopic (exact) mass is 361 g/mol. The van der Waals surface area contributed by atoms with Crippen LogP contribution < -0.4 is 10.2 Å². The summed E-state index contributed by atoms with van der Waals surface area (Å²) in [6.07, 6.45) is 2.29. The van der Waals surface area contributed by atoms with E-state index in [1.807, 2.05) is 38.1 Å². The molecule has 2 aromatic heterocycles. The van der Waals surface area contributed by atoms with Crippen LogP contribution >= 0.6 is 15.9 Å². The van der Waals surface area contributed by atoms with E-state index in [9.17, 15) is 0 Å². The minimum absolute atomic E-state index is 0.380. The van der Waals surface area contributed by atoms with E-state index in [2.05, 4.69) is 41.3 Å². The van der Waals surface area contributed by atoms with Gasteiger partial charge < -0.3 is 10.2 Å². The Hall–Kier alpha value is -1.69. The first-order valence-electron chi connectivity index (χ1n) is 7.57. The number of rotatable bonds is 3. The second-order valence-corrected chi connectivity index (χ2v) is 6.58. The fourth-order valence-electron chi connectivity index (χ4n) is 2.70. The van der Waals surface area contributed by atoms with Crippen molar-refractivity contribution in [3.8, 4) is 0 Å². The smallest absolute Gasteiger partial charge is 0.151 e. The van der Waals surface area contributed by atoms with Gasteiger partial charge in [-0.05, 0) is 66.9 Å². The summed E-state index contributed by atoms with van der Waals surface area (Å²) in [5.41, 5.74) is 1.95. The van der Waals surface area contributed by atoms with E-state index in [0.717, 1.165) is 53.4 Å². The number of hydrogen-bond acceptors (Lipinski definition) is 5. The topological polar surface area (TPSA) is 53.9 Å². The van der Waals surface area contributed by atoms with Gasteiger partial charge in [0.25, 0.3) is 0 Å². The third-order valence-corrected chi connectivity index (χ3v) is 4.74. The number of anilines is 2. The summed E-state index contributed by atoms with van der Waals surface area (Å²) in [5, 5.41) is 12.0. The van der Waals surface area contributed by atoms with Gasteiger partial charge in [-0.15, -0.1) is 5.10 Å². The first kappa shape index (κ1) is 15.2. The Labute approximate surface area is 139 Å². The van der Waals surface area contributed by atoms with Gasteiger partial charge in [-0.1, -0.05) is 0 Å². The maximum absolute atomic E-state index is 4.57. The maximum atomic E-state index is 4.57. The van der Waals surface area contributed by atoms with Crippen LogP contribution in [0.3, 0.4) is 0 Å². The van der Waals surface area contributed by atoms with Gasteiger partial charge in [-0.3, -0.25) is 0 Å². The number of piperidine rings is 1. The van der Waals surface area contributed by atoms with Crippen LogP contribution in [-0.4, -0.2) is 34.3 Å². The zero-order valence-electron chi connectivity index (χ0n) is 12.9. The third-order valence-electron chi connectivity index (χ3n) is 3.90. The lowest BCUT2D eigenvalue weighted by Gasteiger charge is -2.34. The standard InChI is InChI=1S/C16H20BrN5/c1-11-5-8-16(21-20-11)22-9-3-4-13(10-22)19-15-7-6-14(17)12(2)18-15/h5-8,13H,3-4,9-10H2,1-2H3,(H,18,19). The van der Waals surface area contributed by atoms with Gasteiger partial charge >= 0.3 is 0 Å². The van der Waals surface area contributed by atoms with Crippen molar-refractivity contribution in [3.05, 3.63) is 40.1 Å². The zero-order valence-corrected chi connectivity index (χ0v) is 14.5. The highest BCUT2D eigenvalue weighted by atomic mass is 79.9. The molecule has 1 fully saturated rings. The molecular formula is C16H20BrN5. The average molecular weight is 362 g/mol. The Morgan fingerprint density at radius 3 is 2.77 bits per heavy atom. The molecule has 0 aromatic carbocycles. The lowest BCUT2D eigenvalue weighted by Crippen LogP contribution is -2.42. The average Bonchev–Trinajstić information content (AvgIpc) is 2.52. The van der Waals surface area contributed by atoms with Gasteiger partial charge in [-0.25, -0.2) is 4.98 Å². The summed E-state index contributed by atoms with van der Waals surface area (Å²) in [6.45, 7) is 5.92. The molecule has 0 saturated carbocycles. The molecule has 6 heteroatoms. The Kier molecular flexibility index (Phi) is 4.57. The molecule has 0 aliphatic carbocycles. The predicted molar refractivity (Wildman–Crippen MR) is 92.3 cm³/mol. The molecule has 3 heterocycles. The lowest BCUT2D eigenvalue weighted by molar-refractivity contribution is 0.524. The fourth-order valence-corrected chi connectivity index (χ4v) is 2.92. The number of nitrogens with zero attached hydrogens (tertiary/aromatic N) is 4. The molecule has 22 heavy (non-hydrogen) atoms. The first-order valence-corrected chi connectivity index (χ1v) is 8.36. The molecule has 1 aliphatic heterocycles. The number of hydrogen-bond donors (Lipinski definition) is 1. The largest absolute Gasteiger partial charge is 0.366 e. The van der Waals surface area contributed by atoms with Gasteiger partial charge in [0.05, 0.1) is 11.4 Å². The molecule has 1 atom stereocenters. The van der Waals surface area contributed by atoms with Gasteiger partial charge in [0.15, 0.2) is 5.82 Å². The van der Waals surface area contributed by atoms with Crippen LogP contribution in [0.4, 0.5) is 11.6 Å². The molecule has 0 spiro atoms. The van der Waals surface area contributed by atoms with Crippen molar-refractivity contribution in [2.24, 2.45) is 0 Å². The van der Waals surface area contributed by atoms with Crippen LogP contribution in [0.25, 0.3) is 0 Å². The zero-order chi connectivity index (χ0) is 15.5. The highest BCUT2D eigenvalue weighted by Gasteiger charge is 2.21. The van der Waals surface area contributed by atoms with E-state index in [-0.39, 0.29) is 0 Å². The van der Waals surface area contributed by atoms with E-state index < -0.39 is 0 Å². The van der Waals surface area contributed by atoms with E-state index in [1.54, 1.807) is 0 Å². The molecule has 116 valence electrons. The van der Waals surface area contributed by atoms with Crippen molar-refractivity contribution in [2.75, 3.05) is 23.3 Å². The van der Waals surface area contributed by atoms with E-state index >= 15 is 0 Å². The van der Waals surface area contributed by atoms with Gasteiger partial charge in [0.2, 0.25) is 0 Å². The summed E-state index contributed by atoms with van der Waals surface area (Å²) in [5.74, 6) is 1.89. The SMILES string of the molecule is Cc1ccc(N2CCCC(Nc3ccc(Br)c(C)n3)C2)nn1. The van der Waals surface area contributed by atoms with Crippen molar-refractivity contribution in [1.82, 2.24) is 15.2 Å². The van der Waals surface area contributed by atoms with Crippen molar-refractivity contribution >= 4 is 27.6 Å². The molecule has 1 aliphatic rings. The Morgan fingerprint density at radius 1 is 1.18 bits per heavy atom. The number of halogens is 1.